The number of fused-ring (bicyclic) bond motifs is 1. The fraction of sp³-hybridized carbons (Fsp3) is 0.136. The summed E-state index contributed by atoms with van der Waals surface area (Å²) < 4.78 is 23.4. The lowest BCUT2D eigenvalue weighted by molar-refractivity contribution is -0.111. The molecule has 3 aromatic rings. The highest BCUT2D eigenvalue weighted by Crippen LogP contribution is 2.33. The summed E-state index contributed by atoms with van der Waals surface area (Å²) in [6.45, 7) is 4.46. The number of carbonyl (C=O) groups is 1. The van der Waals surface area contributed by atoms with Gasteiger partial charge in [0, 0.05) is 29.4 Å². The van der Waals surface area contributed by atoms with Crippen molar-refractivity contribution in [2.75, 3.05) is 35.4 Å². The Kier molecular flexibility index (Phi) is 6.31. The number of ether oxygens (including phenoxy) is 2. The number of hydrogen-bond donors (Lipinski definition) is 3. The van der Waals surface area contributed by atoms with Crippen LogP contribution in [-0.2, 0) is 15.6 Å². The van der Waals surface area contributed by atoms with Gasteiger partial charge in [0.1, 0.15) is 13.2 Å². The number of nitrogens with zero attached hydrogens (tertiary/aromatic N) is 2. The van der Waals surface area contributed by atoms with E-state index in [9.17, 15) is 9.00 Å². The van der Waals surface area contributed by atoms with Crippen molar-refractivity contribution in [3.8, 4) is 11.5 Å². The van der Waals surface area contributed by atoms with E-state index < -0.39 is 10.8 Å². The molecule has 0 radical (unpaired) electrons. The van der Waals surface area contributed by atoms with Crippen LogP contribution in [0.25, 0.3) is 0 Å². The molecule has 0 saturated carbocycles. The number of anilines is 5. The molecule has 4 rings (SSSR count). The molecule has 0 saturated heterocycles. The number of nitrogens with one attached hydrogen (secondary N) is 3. The van der Waals surface area contributed by atoms with Crippen LogP contribution in [0.1, 0.15) is 0 Å². The maximum absolute atomic E-state index is 12.2. The molecule has 1 aromatic heterocycles. The first-order valence-corrected chi connectivity index (χ1v) is 11.3. The van der Waals surface area contributed by atoms with Crippen molar-refractivity contribution in [3.63, 3.8) is 0 Å². The molecule has 0 spiro atoms. The molecule has 1 aliphatic rings. The van der Waals surface area contributed by atoms with Gasteiger partial charge in [-0.1, -0.05) is 12.6 Å². The smallest absolute Gasteiger partial charge is 0.247 e. The summed E-state index contributed by atoms with van der Waals surface area (Å²) >= 11 is 0. The van der Waals surface area contributed by atoms with Gasteiger partial charge in [-0.25, -0.2) is 4.98 Å². The largest absolute Gasteiger partial charge is 0.486 e. The van der Waals surface area contributed by atoms with Crippen molar-refractivity contribution in [1.82, 2.24) is 9.97 Å². The van der Waals surface area contributed by atoms with Gasteiger partial charge in [-0.3, -0.25) is 9.00 Å². The summed E-state index contributed by atoms with van der Waals surface area (Å²) in [4.78, 5) is 20.8. The molecule has 0 aliphatic carbocycles. The first kappa shape index (κ1) is 21.3. The summed E-state index contributed by atoms with van der Waals surface area (Å²) in [6, 6.07) is 12.5. The van der Waals surface area contributed by atoms with Crippen LogP contribution < -0.4 is 25.4 Å². The molecule has 0 bridgehead atoms. The number of rotatable bonds is 7. The number of hydrogen-bond acceptors (Lipinski definition) is 8. The predicted molar refractivity (Wildman–Crippen MR) is 124 cm³/mol. The fourth-order valence-corrected chi connectivity index (χ4v) is 3.56. The van der Waals surface area contributed by atoms with E-state index in [1.165, 1.54) is 12.3 Å². The molecule has 32 heavy (non-hydrogen) atoms. The summed E-state index contributed by atoms with van der Waals surface area (Å²) in [5.41, 5.74) is 1.96. The second-order valence-electron chi connectivity index (χ2n) is 6.74. The van der Waals surface area contributed by atoms with E-state index in [1.807, 2.05) is 24.3 Å². The number of aromatic nitrogens is 2. The topological polar surface area (TPSA) is 114 Å². The van der Waals surface area contributed by atoms with E-state index in [0.29, 0.717) is 52.7 Å². The molecule has 1 aliphatic heterocycles. The van der Waals surface area contributed by atoms with Crippen LogP contribution in [-0.4, -0.2) is 39.6 Å². The Labute approximate surface area is 187 Å². The lowest BCUT2D eigenvalue weighted by Gasteiger charge is -2.19. The van der Waals surface area contributed by atoms with Crippen molar-refractivity contribution < 1.29 is 18.5 Å². The van der Waals surface area contributed by atoms with Gasteiger partial charge in [-0.05, 0) is 36.4 Å². The minimum Gasteiger partial charge on any atom is -0.486 e. The molecule has 2 heterocycles. The monoisotopic (exact) mass is 451 g/mol. The molecular formula is C22H21N5O4S. The molecule has 3 N–H and O–H groups in total. The van der Waals surface area contributed by atoms with Gasteiger partial charge in [-0.2, -0.15) is 4.98 Å². The average molecular weight is 452 g/mol. The SMILES string of the molecule is C=CC(=O)Nc1cccc(Nc2nc(Nc3ccc4c(c3)OCCO4)ncc2S(C)=O)c1. The van der Waals surface area contributed by atoms with E-state index >= 15 is 0 Å². The minimum absolute atomic E-state index is 0.314. The zero-order valence-electron chi connectivity index (χ0n) is 17.3. The quantitative estimate of drug-likeness (QED) is 0.467. The summed E-state index contributed by atoms with van der Waals surface area (Å²) in [6.07, 6.45) is 4.26. The maximum atomic E-state index is 12.2. The van der Waals surface area contributed by atoms with E-state index in [-0.39, 0.29) is 5.91 Å². The van der Waals surface area contributed by atoms with E-state index in [1.54, 1.807) is 24.5 Å². The number of benzene rings is 2. The van der Waals surface area contributed by atoms with Gasteiger partial charge in [0.25, 0.3) is 0 Å². The number of carbonyl (C=O) groups excluding carboxylic acids is 1. The van der Waals surface area contributed by atoms with Crippen molar-refractivity contribution >= 4 is 45.5 Å². The standard InChI is InChI=1S/C22H21N5O4S/c1-3-20(28)24-14-5-4-6-15(11-14)25-21-19(32(2)29)13-23-22(27-21)26-16-7-8-17-18(12-16)31-10-9-30-17/h3-8,11-13H,1,9-10H2,2H3,(H,24,28)(H2,23,25,26,27). The summed E-state index contributed by atoms with van der Waals surface area (Å²) in [5.74, 6) is 1.71. The normalized spacial score (nSPS) is 13.0. The first-order chi connectivity index (χ1) is 15.5. The van der Waals surface area contributed by atoms with E-state index in [2.05, 4.69) is 32.5 Å². The lowest BCUT2D eigenvalue weighted by atomic mass is 10.2. The van der Waals surface area contributed by atoms with Crippen LogP contribution in [0.5, 0.6) is 11.5 Å². The molecule has 164 valence electrons. The van der Waals surface area contributed by atoms with Crippen molar-refractivity contribution in [1.29, 1.82) is 0 Å². The van der Waals surface area contributed by atoms with E-state index in [4.69, 9.17) is 9.47 Å². The summed E-state index contributed by atoms with van der Waals surface area (Å²) in [7, 11) is -1.32. The fourth-order valence-electron chi connectivity index (χ4n) is 2.99. The molecule has 1 amide bonds. The van der Waals surface area contributed by atoms with Crippen LogP contribution in [0.2, 0.25) is 0 Å². The van der Waals surface area contributed by atoms with Gasteiger partial charge in [0.05, 0.1) is 21.9 Å². The zero-order valence-corrected chi connectivity index (χ0v) is 18.1. The van der Waals surface area contributed by atoms with Gasteiger partial charge in [0.15, 0.2) is 17.3 Å². The Balaban J connectivity index is 1.59. The van der Waals surface area contributed by atoms with Gasteiger partial charge in [0.2, 0.25) is 11.9 Å². The highest BCUT2D eigenvalue weighted by Gasteiger charge is 2.14. The Morgan fingerprint density at radius 1 is 1.06 bits per heavy atom. The molecule has 10 heteroatoms. The van der Waals surface area contributed by atoms with Crippen molar-refractivity contribution in [2.45, 2.75) is 4.90 Å². The lowest BCUT2D eigenvalue weighted by Crippen LogP contribution is -2.15. The molecule has 2 aromatic carbocycles. The van der Waals surface area contributed by atoms with Crippen molar-refractivity contribution in [2.24, 2.45) is 0 Å². The molecule has 1 unspecified atom stereocenters. The maximum Gasteiger partial charge on any atom is 0.247 e. The minimum atomic E-state index is -1.32. The molecular weight excluding hydrogens is 430 g/mol. The van der Waals surface area contributed by atoms with Crippen LogP contribution in [0, 0.1) is 0 Å². The van der Waals surface area contributed by atoms with Crippen LogP contribution in [0.3, 0.4) is 0 Å². The highest BCUT2D eigenvalue weighted by atomic mass is 32.2. The summed E-state index contributed by atoms with van der Waals surface area (Å²) in [5, 5.41) is 8.98. The predicted octanol–water partition coefficient (Wildman–Crippen LogP) is 3.60. The third-order valence-electron chi connectivity index (χ3n) is 4.44. The second-order valence-corrected chi connectivity index (χ2v) is 8.09. The van der Waals surface area contributed by atoms with Crippen molar-refractivity contribution in [3.05, 3.63) is 61.3 Å². The van der Waals surface area contributed by atoms with Gasteiger partial charge >= 0.3 is 0 Å². The zero-order chi connectivity index (χ0) is 22.5. The number of amides is 1. The van der Waals surface area contributed by atoms with E-state index in [0.717, 1.165) is 5.69 Å². The third kappa shape index (κ3) is 5.03. The molecule has 1 atom stereocenters. The average Bonchev–Trinajstić information content (AvgIpc) is 2.79. The van der Waals surface area contributed by atoms with Gasteiger partial charge < -0.3 is 25.4 Å². The van der Waals surface area contributed by atoms with Crippen LogP contribution >= 0.6 is 0 Å². The third-order valence-corrected chi connectivity index (χ3v) is 5.36. The van der Waals surface area contributed by atoms with Gasteiger partial charge in [-0.15, -0.1) is 0 Å². The van der Waals surface area contributed by atoms with Crippen LogP contribution in [0.4, 0.5) is 28.8 Å². The molecule has 9 nitrogen and oxygen atoms in total. The Hall–Kier alpha value is -3.92. The molecule has 0 fully saturated rings. The first-order valence-electron chi connectivity index (χ1n) is 9.69. The van der Waals surface area contributed by atoms with Crippen LogP contribution in [0.15, 0.2) is 66.2 Å². The Bertz CT molecular complexity index is 1200. The highest BCUT2D eigenvalue weighted by molar-refractivity contribution is 7.84. The Morgan fingerprint density at radius 3 is 2.59 bits per heavy atom. The second kappa shape index (κ2) is 9.48. The Morgan fingerprint density at radius 2 is 1.81 bits per heavy atom.